The summed E-state index contributed by atoms with van der Waals surface area (Å²) in [6.45, 7) is 1.48. The number of methoxy groups -OCH3 is 1. The Kier molecular flexibility index (Phi) is 7.68. The van der Waals surface area contributed by atoms with E-state index in [-0.39, 0.29) is 17.7 Å². The molecule has 0 saturated heterocycles. The van der Waals surface area contributed by atoms with Crippen molar-refractivity contribution >= 4 is 6.09 Å². The first kappa shape index (κ1) is 26.8. The van der Waals surface area contributed by atoms with Crippen LogP contribution in [-0.2, 0) is 17.1 Å². The highest BCUT2D eigenvalue weighted by Gasteiger charge is 2.42. The smallest absolute Gasteiger partial charge is 0.416 e. The number of carbonyl (C=O) groups is 1. The van der Waals surface area contributed by atoms with E-state index in [1.165, 1.54) is 31.1 Å². The maximum Gasteiger partial charge on any atom is 0.416 e. The van der Waals surface area contributed by atoms with Gasteiger partial charge in [0.15, 0.2) is 0 Å². The Labute approximate surface area is 198 Å². The molecule has 2 aromatic rings. The average molecular weight is 506 g/mol. The molecule has 0 radical (unpaired) electrons. The van der Waals surface area contributed by atoms with Crippen molar-refractivity contribution in [3.8, 4) is 0 Å². The van der Waals surface area contributed by atoms with E-state index < -0.39 is 53.4 Å². The third-order valence-electron chi connectivity index (χ3n) is 6.41. The highest BCUT2D eigenvalue weighted by Crippen LogP contribution is 2.41. The second-order valence-electron chi connectivity index (χ2n) is 8.64. The Morgan fingerprint density at radius 3 is 2.03 bits per heavy atom. The van der Waals surface area contributed by atoms with Crippen LogP contribution < -0.4 is 5.32 Å². The van der Waals surface area contributed by atoms with E-state index in [4.69, 9.17) is 4.74 Å². The summed E-state index contributed by atoms with van der Waals surface area (Å²) >= 11 is 0. The molecule has 1 N–H and O–H groups in total. The lowest BCUT2D eigenvalue weighted by molar-refractivity contribution is -0.143. The molecule has 3 rings (SSSR count). The Morgan fingerprint density at radius 1 is 1.00 bits per heavy atom. The molecule has 1 aliphatic rings. The van der Waals surface area contributed by atoms with E-state index in [0.29, 0.717) is 30.5 Å². The number of nitrogens with one attached hydrogen (secondary N) is 1. The van der Waals surface area contributed by atoms with Crippen molar-refractivity contribution in [3.05, 3.63) is 70.5 Å². The van der Waals surface area contributed by atoms with Crippen LogP contribution in [0.3, 0.4) is 0 Å². The van der Waals surface area contributed by atoms with Crippen molar-refractivity contribution in [3.63, 3.8) is 0 Å². The fraction of sp³-hybridized carbons (Fsp3) is 0.458. The van der Waals surface area contributed by atoms with Gasteiger partial charge in [-0.1, -0.05) is 12.1 Å². The van der Waals surface area contributed by atoms with E-state index in [1.54, 1.807) is 19.2 Å². The van der Waals surface area contributed by atoms with Gasteiger partial charge >= 0.3 is 18.4 Å². The third-order valence-corrected chi connectivity index (χ3v) is 6.41. The zero-order chi connectivity index (χ0) is 26.1. The van der Waals surface area contributed by atoms with Gasteiger partial charge in [-0.15, -0.1) is 0 Å². The summed E-state index contributed by atoms with van der Waals surface area (Å²) in [4.78, 5) is 13.5. The zero-order valence-electron chi connectivity index (χ0n) is 19.2. The molecule has 1 aliphatic carbocycles. The summed E-state index contributed by atoms with van der Waals surface area (Å²) in [7, 11) is 2.77. The lowest BCUT2D eigenvalue weighted by Gasteiger charge is -2.33. The summed E-state index contributed by atoms with van der Waals surface area (Å²) in [6.07, 6.45) is -9.52. The molecule has 4 atom stereocenters. The predicted molar refractivity (Wildman–Crippen MR) is 114 cm³/mol. The van der Waals surface area contributed by atoms with Gasteiger partial charge in [-0.05, 0) is 61.2 Å². The zero-order valence-corrected chi connectivity index (χ0v) is 19.2. The molecule has 1 saturated carbocycles. The van der Waals surface area contributed by atoms with Gasteiger partial charge in [-0.3, -0.25) is 0 Å². The molecule has 1 fully saturated rings. The van der Waals surface area contributed by atoms with Gasteiger partial charge in [0.2, 0.25) is 0 Å². The number of halogens is 7. The number of benzene rings is 2. The minimum absolute atomic E-state index is 0.0917. The Morgan fingerprint density at radius 2 is 1.54 bits per heavy atom. The minimum atomic E-state index is -4.95. The first-order valence-corrected chi connectivity index (χ1v) is 10.8. The molecule has 3 unspecified atom stereocenters. The molecular weight excluding hydrogens is 481 g/mol. The normalized spacial score (nSPS) is 21.6. The van der Waals surface area contributed by atoms with Crippen LogP contribution in [0, 0.1) is 5.82 Å². The molecule has 1 amide bonds. The van der Waals surface area contributed by atoms with Gasteiger partial charge in [0.05, 0.1) is 18.2 Å². The van der Waals surface area contributed by atoms with Gasteiger partial charge in [-0.25, -0.2) is 9.18 Å². The number of hydrogen-bond donors (Lipinski definition) is 1. The quantitative estimate of drug-likeness (QED) is 0.469. The molecule has 0 aliphatic heterocycles. The number of rotatable bonds is 5. The molecule has 192 valence electrons. The molecule has 2 aromatic carbocycles. The fourth-order valence-corrected chi connectivity index (χ4v) is 4.66. The van der Waals surface area contributed by atoms with Crippen molar-refractivity contribution in [1.82, 2.24) is 10.2 Å². The molecule has 0 spiro atoms. The number of ether oxygens (including phenoxy) is 1. The average Bonchev–Trinajstić information content (AvgIpc) is 3.20. The van der Waals surface area contributed by atoms with Crippen LogP contribution in [0.15, 0.2) is 42.5 Å². The van der Waals surface area contributed by atoms with Gasteiger partial charge in [0.25, 0.3) is 0 Å². The molecule has 35 heavy (non-hydrogen) atoms. The van der Waals surface area contributed by atoms with Crippen molar-refractivity contribution in [2.45, 2.75) is 56.2 Å². The summed E-state index contributed by atoms with van der Waals surface area (Å²) < 4.78 is 98.1. The molecule has 11 heteroatoms. The second-order valence-corrected chi connectivity index (χ2v) is 8.64. The number of alkyl halides is 6. The molecule has 0 bridgehead atoms. The summed E-state index contributed by atoms with van der Waals surface area (Å²) in [5, 5.41) is 3.15. The van der Waals surface area contributed by atoms with Gasteiger partial charge in [0.1, 0.15) is 5.82 Å². The summed E-state index contributed by atoms with van der Waals surface area (Å²) in [5.41, 5.74) is -2.27. The molecular formula is C24H25F7N2O2. The monoisotopic (exact) mass is 506 g/mol. The number of carbonyl (C=O) groups excluding carboxylic acids is 1. The second kappa shape index (κ2) is 10.0. The topological polar surface area (TPSA) is 41.6 Å². The van der Waals surface area contributed by atoms with Gasteiger partial charge in [-0.2, -0.15) is 26.3 Å². The van der Waals surface area contributed by atoms with E-state index in [2.05, 4.69) is 5.32 Å². The Balaban J connectivity index is 1.95. The van der Waals surface area contributed by atoms with Crippen LogP contribution in [0.1, 0.15) is 54.0 Å². The number of amides is 1. The minimum Gasteiger partial charge on any atom is -0.453 e. The maximum atomic E-state index is 13.5. The van der Waals surface area contributed by atoms with E-state index in [0.717, 1.165) is 0 Å². The van der Waals surface area contributed by atoms with Crippen LogP contribution in [0.2, 0.25) is 0 Å². The van der Waals surface area contributed by atoms with Crippen LogP contribution in [0.25, 0.3) is 0 Å². The Hall–Kier alpha value is -2.82. The van der Waals surface area contributed by atoms with Crippen LogP contribution >= 0.6 is 0 Å². The number of hydrogen-bond acceptors (Lipinski definition) is 3. The molecule has 0 heterocycles. The van der Waals surface area contributed by atoms with Gasteiger partial charge in [0, 0.05) is 31.1 Å². The standard InChI is InChI=1S/C24H25F7N2O2/c1-13(15-10-16(23(26,27)28)12-17(11-15)24(29,30)31)32-19-8-9-20(33(2)22(34)35-3)21(19)14-4-6-18(25)7-5-14/h4-7,10-13,19-21,32H,8-9H2,1-3H3/t13-,19?,20?,21?/m0/s1. The largest absolute Gasteiger partial charge is 0.453 e. The molecule has 0 aromatic heterocycles. The first-order valence-electron chi connectivity index (χ1n) is 10.8. The van der Waals surface area contributed by atoms with Gasteiger partial charge < -0.3 is 15.0 Å². The summed E-state index contributed by atoms with van der Waals surface area (Å²) in [6, 6.07) is 5.42. The number of nitrogens with zero attached hydrogens (tertiary/aromatic N) is 1. The third kappa shape index (κ3) is 6.06. The SMILES string of the molecule is COC(=O)N(C)C1CCC(N[C@@H](C)c2cc(C(F)(F)F)cc(C(F)(F)F)c2)C1c1ccc(F)cc1. The van der Waals surface area contributed by atoms with Crippen molar-refractivity contribution in [1.29, 1.82) is 0 Å². The van der Waals surface area contributed by atoms with E-state index in [9.17, 15) is 35.5 Å². The summed E-state index contributed by atoms with van der Waals surface area (Å²) in [5.74, 6) is -0.874. The number of likely N-dealkylation sites (N-methyl/N-ethyl adjacent to an activating group) is 1. The van der Waals surface area contributed by atoms with Crippen LogP contribution in [0.4, 0.5) is 35.5 Å². The van der Waals surface area contributed by atoms with E-state index in [1.807, 2.05) is 0 Å². The predicted octanol–water partition coefficient (Wildman–Crippen LogP) is 6.53. The first-order chi connectivity index (χ1) is 16.2. The lowest BCUT2D eigenvalue weighted by Crippen LogP contribution is -2.43. The van der Waals surface area contributed by atoms with E-state index >= 15 is 0 Å². The molecule has 4 nitrogen and oxygen atoms in total. The fourth-order valence-electron chi connectivity index (χ4n) is 4.66. The highest BCUT2D eigenvalue weighted by atomic mass is 19.4. The maximum absolute atomic E-state index is 13.5. The van der Waals surface area contributed by atoms with Crippen molar-refractivity contribution in [2.75, 3.05) is 14.2 Å². The highest BCUT2D eigenvalue weighted by molar-refractivity contribution is 5.67. The van der Waals surface area contributed by atoms with Crippen molar-refractivity contribution < 1.29 is 40.3 Å². The lowest BCUT2D eigenvalue weighted by atomic mass is 9.89. The van der Waals surface area contributed by atoms with Crippen LogP contribution in [-0.4, -0.2) is 37.2 Å². The van der Waals surface area contributed by atoms with Crippen molar-refractivity contribution in [2.24, 2.45) is 0 Å². The Bertz CT molecular complexity index is 1010. The van der Waals surface area contributed by atoms with Crippen LogP contribution in [0.5, 0.6) is 0 Å².